The van der Waals surface area contributed by atoms with Crippen molar-refractivity contribution in [3.63, 3.8) is 0 Å². The first-order valence-corrected chi connectivity index (χ1v) is 8.52. The van der Waals surface area contributed by atoms with Crippen molar-refractivity contribution in [3.05, 3.63) is 41.6 Å². The van der Waals surface area contributed by atoms with Crippen LogP contribution in [-0.2, 0) is 9.47 Å². The molecule has 25 heavy (non-hydrogen) atoms. The highest BCUT2D eigenvalue weighted by molar-refractivity contribution is 6.02. The van der Waals surface area contributed by atoms with E-state index in [1.807, 2.05) is 40.0 Å². The van der Waals surface area contributed by atoms with Crippen LogP contribution in [0, 0.1) is 0 Å². The molecule has 0 radical (unpaired) electrons. The Morgan fingerprint density at radius 2 is 1.96 bits per heavy atom. The van der Waals surface area contributed by atoms with E-state index in [1.54, 1.807) is 7.05 Å². The Bertz CT molecular complexity index is 800. The molecule has 2 heterocycles. The molecule has 0 saturated carbocycles. The summed E-state index contributed by atoms with van der Waals surface area (Å²) in [6, 6.07) is 1.98. The lowest BCUT2D eigenvalue weighted by Crippen LogP contribution is -2.38. The zero-order valence-electron chi connectivity index (χ0n) is 16.0. The smallest absolute Gasteiger partial charge is 0.164 e. The second-order valence-electron chi connectivity index (χ2n) is 7.43. The number of hydrogen-bond donors (Lipinski definition) is 0. The largest absolute Gasteiger partial charge is 0.341 e. The maximum absolute atomic E-state index is 6.30. The van der Waals surface area contributed by atoms with Gasteiger partial charge < -0.3 is 14.0 Å². The van der Waals surface area contributed by atoms with E-state index in [0.29, 0.717) is 0 Å². The van der Waals surface area contributed by atoms with E-state index < -0.39 is 11.4 Å². The van der Waals surface area contributed by atoms with Crippen LogP contribution < -0.4 is 0 Å². The standard InChI is InChI=1S/C20H27N3O2/c1-12(2)15-11-16(17-20(15,6)25-19(4,5)24-17)23-10-9-14(13(3)21-7)18(23)22-8/h9-11,16-17H,1,8H2,2-7H3/b21-13-/t16-,17+,20-/m1/s1. The number of aromatic nitrogens is 1. The van der Waals surface area contributed by atoms with Gasteiger partial charge in [-0.1, -0.05) is 18.2 Å². The maximum atomic E-state index is 6.30. The molecule has 1 aliphatic carbocycles. The van der Waals surface area contributed by atoms with Gasteiger partial charge in [-0.15, -0.1) is 0 Å². The Hall–Kier alpha value is -1.98. The van der Waals surface area contributed by atoms with Crippen LogP contribution in [0.2, 0.25) is 0 Å². The summed E-state index contributed by atoms with van der Waals surface area (Å²) < 4.78 is 14.7. The molecule has 134 valence electrons. The number of nitrogens with zero attached hydrogens (tertiary/aromatic N) is 3. The van der Waals surface area contributed by atoms with Crippen LogP contribution in [0.1, 0.15) is 46.2 Å². The van der Waals surface area contributed by atoms with Crippen molar-refractivity contribution in [1.82, 2.24) is 4.57 Å². The summed E-state index contributed by atoms with van der Waals surface area (Å²) in [5.41, 5.74) is 3.45. The average molecular weight is 341 g/mol. The lowest BCUT2D eigenvalue weighted by Gasteiger charge is -2.28. The van der Waals surface area contributed by atoms with Gasteiger partial charge in [-0.25, -0.2) is 4.99 Å². The van der Waals surface area contributed by atoms with Gasteiger partial charge in [0.2, 0.25) is 0 Å². The molecule has 1 aromatic heterocycles. The van der Waals surface area contributed by atoms with E-state index in [9.17, 15) is 0 Å². The molecular weight excluding hydrogens is 314 g/mol. The molecule has 1 aromatic rings. The van der Waals surface area contributed by atoms with Crippen LogP contribution in [0.5, 0.6) is 0 Å². The molecule has 0 bridgehead atoms. The van der Waals surface area contributed by atoms with Gasteiger partial charge in [0, 0.05) is 24.5 Å². The number of ether oxygens (including phenoxy) is 2. The zero-order valence-corrected chi connectivity index (χ0v) is 16.0. The van der Waals surface area contributed by atoms with Crippen molar-refractivity contribution in [1.29, 1.82) is 0 Å². The Morgan fingerprint density at radius 3 is 2.52 bits per heavy atom. The fourth-order valence-electron chi connectivity index (χ4n) is 4.08. The third kappa shape index (κ3) is 2.62. The van der Waals surface area contributed by atoms with Crippen LogP contribution in [0.3, 0.4) is 0 Å². The topological polar surface area (TPSA) is 48.1 Å². The van der Waals surface area contributed by atoms with Gasteiger partial charge in [-0.3, -0.25) is 4.99 Å². The molecule has 0 spiro atoms. The Kier molecular flexibility index (Phi) is 4.12. The molecule has 2 aliphatic rings. The van der Waals surface area contributed by atoms with E-state index in [2.05, 4.69) is 40.8 Å². The van der Waals surface area contributed by atoms with Crippen molar-refractivity contribution in [3.8, 4) is 0 Å². The average Bonchev–Trinajstić information content (AvgIpc) is 3.12. The summed E-state index contributed by atoms with van der Waals surface area (Å²) in [6.45, 7) is 17.9. The van der Waals surface area contributed by atoms with Crippen LogP contribution in [0.25, 0.3) is 0 Å². The molecule has 0 unspecified atom stereocenters. The lowest BCUT2D eigenvalue weighted by molar-refractivity contribution is -0.157. The molecule has 1 fully saturated rings. The van der Waals surface area contributed by atoms with Gasteiger partial charge in [0.05, 0.1) is 6.04 Å². The summed E-state index contributed by atoms with van der Waals surface area (Å²) in [4.78, 5) is 8.56. The number of hydrogen-bond acceptors (Lipinski definition) is 4. The van der Waals surface area contributed by atoms with Gasteiger partial charge >= 0.3 is 0 Å². The van der Waals surface area contributed by atoms with Crippen molar-refractivity contribution < 1.29 is 9.47 Å². The summed E-state index contributed by atoms with van der Waals surface area (Å²) in [7, 11) is 1.78. The van der Waals surface area contributed by atoms with Crippen LogP contribution in [0.4, 0.5) is 5.82 Å². The van der Waals surface area contributed by atoms with Gasteiger partial charge in [0.25, 0.3) is 0 Å². The van der Waals surface area contributed by atoms with Gasteiger partial charge in [0.1, 0.15) is 17.5 Å². The molecule has 5 heteroatoms. The molecule has 5 nitrogen and oxygen atoms in total. The van der Waals surface area contributed by atoms with Crippen LogP contribution in [-0.4, -0.2) is 41.5 Å². The quantitative estimate of drug-likeness (QED) is 0.770. The number of fused-ring (bicyclic) bond motifs is 1. The third-order valence-electron chi connectivity index (χ3n) is 5.14. The predicted molar refractivity (Wildman–Crippen MR) is 102 cm³/mol. The normalized spacial score (nSPS) is 31.0. The first-order valence-electron chi connectivity index (χ1n) is 8.52. The van der Waals surface area contributed by atoms with Gasteiger partial charge in [-0.05, 0) is 53.0 Å². The Balaban J connectivity index is 2.14. The summed E-state index contributed by atoms with van der Waals surface area (Å²) in [6.07, 6.45) is 4.04. The minimum absolute atomic E-state index is 0.0441. The van der Waals surface area contributed by atoms with Crippen molar-refractivity contribution in [2.75, 3.05) is 7.05 Å². The Morgan fingerprint density at radius 1 is 1.28 bits per heavy atom. The minimum atomic E-state index is -0.648. The fraction of sp³-hybridized carbons (Fsp3) is 0.500. The van der Waals surface area contributed by atoms with Crippen LogP contribution in [0.15, 0.2) is 46.0 Å². The summed E-state index contributed by atoms with van der Waals surface area (Å²) >= 11 is 0. The molecule has 1 saturated heterocycles. The van der Waals surface area contributed by atoms with Crippen molar-refractivity contribution in [2.45, 2.75) is 58.2 Å². The van der Waals surface area contributed by atoms with Gasteiger partial charge in [0.15, 0.2) is 5.79 Å². The third-order valence-corrected chi connectivity index (χ3v) is 5.14. The summed E-state index contributed by atoms with van der Waals surface area (Å²) in [5.74, 6) is 0.147. The van der Waals surface area contributed by atoms with Crippen molar-refractivity contribution in [2.24, 2.45) is 9.98 Å². The minimum Gasteiger partial charge on any atom is -0.341 e. The first kappa shape index (κ1) is 17.8. The highest BCUT2D eigenvalue weighted by Crippen LogP contribution is 2.53. The maximum Gasteiger partial charge on any atom is 0.164 e. The van der Waals surface area contributed by atoms with E-state index >= 15 is 0 Å². The highest BCUT2D eigenvalue weighted by Gasteiger charge is 2.59. The molecule has 3 rings (SSSR count). The monoisotopic (exact) mass is 341 g/mol. The van der Waals surface area contributed by atoms with E-state index in [1.165, 1.54) is 0 Å². The molecule has 0 N–H and O–H groups in total. The molecular formula is C20H27N3O2. The van der Waals surface area contributed by atoms with E-state index in [4.69, 9.17) is 9.47 Å². The fourth-order valence-corrected chi connectivity index (χ4v) is 4.08. The van der Waals surface area contributed by atoms with Crippen molar-refractivity contribution >= 4 is 18.2 Å². The lowest BCUT2D eigenvalue weighted by atomic mass is 9.91. The van der Waals surface area contributed by atoms with Crippen LogP contribution >= 0.6 is 0 Å². The zero-order chi connectivity index (χ0) is 18.6. The first-order chi connectivity index (χ1) is 11.6. The molecule has 1 aliphatic heterocycles. The molecule has 0 aromatic carbocycles. The summed E-state index contributed by atoms with van der Waals surface area (Å²) in [5, 5.41) is 0. The highest BCUT2D eigenvalue weighted by atomic mass is 16.8. The van der Waals surface area contributed by atoms with E-state index in [-0.39, 0.29) is 12.1 Å². The SMILES string of the molecule is C=Nc1c(/C(C)=N\C)ccn1[C@@H]1C=C(C(=C)C)[C@@]2(C)OC(C)(C)O[C@@H]12. The predicted octanol–water partition coefficient (Wildman–Crippen LogP) is 4.23. The number of aliphatic imine (C=N–C) groups is 2. The Labute approximate surface area is 149 Å². The second kappa shape index (κ2) is 5.78. The number of rotatable bonds is 4. The second-order valence-corrected chi connectivity index (χ2v) is 7.43. The van der Waals surface area contributed by atoms with E-state index in [0.717, 1.165) is 28.2 Å². The molecule has 0 amide bonds. The van der Waals surface area contributed by atoms with Gasteiger partial charge in [-0.2, -0.15) is 0 Å². The molecule has 3 atom stereocenters.